The molecule has 2 aromatic heterocycles. The minimum absolute atomic E-state index is 0.220. The monoisotopic (exact) mass is 353 g/mol. The summed E-state index contributed by atoms with van der Waals surface area (Å²) in [6.07, 6.45) is 7.15. The molecule has 1 aliphatic rings. The van der Waals surface area contributed by atoms with Crippen molar-refractivity contribution in [1.82, 2.24) is 25.3 Å². The van der Waals surface area contributed by atoms with Crippen LogP contribution in [0.4, 0.5) is 4.39 Å². The standard InChI is InChI=1S/C20H24FN5/c1-2-14-11-22-24-19(14)16-7-9-26(10-8-16)13-17-12-23-25-20(17)15-3-5-18(21)6-4-15/h3-6,11-12,16H,2,7-10,13H2,1H3,(H,22,24)(H,23,25). The van der Waals surface area contributed by atoms with Crippen LogP contribution in [0.5, 0.6) is 0 Å². The SMILES string of the molecule is CCc1cn[nH]c1C1CCN(Cc2cn[nH]c2-c2ccc(F)cc2)CC1. The van der Waals surface area contributed by atoms with Crippen molar-refractivity contribution in [3.8, 4) is 11.3 Å². The van der Waals surface area contributed by atoms with Crippen molar-refractivity contribution in [1.29, 1.82) is 0 Å². The number of likely N-dealkylation sites (tertiary alicyclic amines) is 1. The molecule has 2 N–H and O–H groups in total. The number of piperidine rings is 1. The zero-order chi connectivity index (χ0) is 17.9. The molecule has 1 saturated heterocycles. The quantitative estimate of drug-likeness (QED) is 0.732. The minimum atomic E-state index is -0.220. The molecule has 1 aliphatic heterocycles. The average molecular weight is 353 g/mol. The first-order chi connectivity index (χ1) is 12.7. The number of halogens is 1. The maximum Gasteiger partial charge on any atom is 0.123 e. The number of nitrogens with one attached hydrogen (secondary N) is 2. The Balaban J connectivity index is 1.41. The Kier molecular flexibility index (Phi) is 4.84. The largest absolute Gasteiger partial charge is 0.299 e. The number of aryl methyl sites for hydroxylation is 1. The van der Waals surface area contributed by atoms with Gasteiger partial charge in [0.15, 0.2) is 0 Å². The van der Waals surface area contributed by atoms with Crippen LogP contribution in [-0.4, -0.2) is 38.4 Å². The molecule has 136 valence electrons. The summed E-state index contributed by atoms with van der Waals surface area (Å²) in [5, 5.41) is 14.7. The molecule has 1 fully saturated rings. The predicted octanol–water partition coefficient (Wildman–Crippen LogP) is 3.88. The fourth-order valence-corrected chi connectivity index (χ4v) is 3.87. The Morgan fingerprint density at radius 3 is 2.46 bits per heavy atom. The van der Waals surface area contributed by atoms with E-state index < -0.39 is 0 Å². The van der Waals surface area contributed by atoms with E-state index in [9.17, 15) is 4.39 Å². The maximum absolute atomic E-state index is 13.2. The van der Waals surface area contributed by atoms with Gasteiger partial charge in [0.1, 0.15) is 5.82 Å². The Morgan fingerprint density at radius 2 is 1.73 bits per heavy atom. The third-order valence-electron chi connectivity index (χ3n) is 5.37. The van der Waals surface area contributed by atoms with Crippen LogP contribution in [-0.2, 0) is 13.0 Å². The molecule has 0 bridgehead atoms. The van der Waals surface area contributed by atoms with E-state index in [0.717, 1.165) is 55.7 Å². The summed E-state index contributed by atoms with van der Waals surface area (Å²) in [7, 11) is 0. The predicted molar refractivity (Wildman–Crippen MR) is 99.2 cm³/mol. The van der Waals surface area contributed by atoms with E-state index in [1.165, 1.54) is 23.4 Å². The van der Waals surface area contributed by atoms with Crippen molar-refractivity contribution >= 4 is 0 Å². The van der Waals surface area contributed by atoms with Crippen LogP contribution in [0.2, 0.25) is 0 Å². The molecule has 4 rings (SSSR count). The Labute approximate surface area is 152 Å². The summed E-state index contributed by atoms with van der Waals surface area (Å²) in [6.45, 7) is 5.15. The third-order valence-corrected chi connectivity index (χ3v) is 5.37. The zero-order valence-electron chi connectivity index (χ0n) is 15.0. The highest BCUT2D eigenvalue weighted by Gasteiger charge is 2.24. The lowest BCUT2D eigenvalue weighted by Crippen LogP contribution is -2.32. The summed E-state index contributed by atoms with van der Waals surface area (Å²) in [6, 6.07) is 6.56. The lowest BCUT2D eigenvalue weighted by Gasteiger charge is -2.31. The number of aromatic amines is 2. The Hall–Kier alpha value is -2.47. The topological polar surface area (TPSA) is 60.6 Å². The van der Waals surface area contributed by atoms with Gasteiger partial charge in [-0.25, -0.2) is 4.39 Å². The van der Waals surface area contributed by atoms with Gasteiger partial charge < -0.3 is 0 Å². The number of aromatic nitrogens is 4. The Morgan fingerprint density at radius 1 is 1.04 bits per heavy atom. The van der Waals surface area contributed by atoms with E-state index >= 15 is 0 Å². The second-order valence-corrected chi connectivity index (χ2v) is 6.99. The molecule has 3 heterocycles. The number of benzene rings is 1. The van der Waals surface area contributed by atoms with Gasteiger partial charge in [0.25, 0.3) is 0 Å². The van der Waals surface area contributed by atoms with Gasteiger partial charge in [-0.3, -0.25) is 15.1 Å². The lowest BCUT2D eigenvalue weighted by molar-refractivity contribution is 0.203. The summed E-state index contributed by atoms with van der Waals surface area (Å²) in [4.78, 5) is 2.47. The van der Waals surface area contributed by atoms with Gasteiger partial charge in [-0.05, 0) is 62.2 Å². The van der Waals surface area contributed by atoms with Crippen LogP contribution in [0.15, 0.2) is 36.7 Å². The van der Waals surface area contributed by atoms with Gasteiger partial charge in [-0.1, -0.05) is 6.92 Å². The molecular weight excluding hydrogens is 329 g/mol. The fourth-order valence-electron chi connectivity index (χ4n) is 3.87. The first-order valence-corrected chi connectivity index (χ1v) is 9.27. The number of H-pyrrole nitrogens is 2. The average Bonchev–Trinajstić information content (AvgIpc) is 3.32. The highest BCUT2D eigenvalue weighted by molar-refractivity contribution is 5.62. The normalized spacial score (nSPS) is 16.2. The molecule has 3 aromatic rings. The molecule has 5 nitrogen and oxygen atoms in total. The zero-order valence-corrected chi connectivity index (χ0v) is 15.0. The van der Waals surface area contributed by atoms with Crippen molar-refractivity contribution < 1.29 is 4.39 Å². The molecular formula is C20H24FN5. The Bertz CT molecular complexity index is 843. The molecule has 0 amide bonds. The molecule has 1 aromatic carbocycles. The van der Waals surface area contributed by atoms with E-state index in [0.29, 0.717) is 5.92 Å². The lowest BCUT2D eigenvalue weighted by atomic mass is 9.90. The summed E-state index contributed by atoms with van der Waals surface area (Å²) in [5.41, 5.74) is 5.78. The van der Waals surface area contributed by atoms with E-state index in [-0.39, 0.29) is 5.82 Å². The van der Waals surface area contributed by atoms with Crippen molar-refractivity contribution in [2.45, 2.75) is 38.6 Å². The fraction of sp³-hybridized carbons (Fsp3) is 0.400. The van der Waals surface area contributed by atoms with Crippen LogP contribution in [0.1, 0.15) is 42.5 Å². The number of hydrogen-bond acceptors (Lipinski definition) is 3. The van der Waals surface area contributed by atoms with Crippen molar-refractivity contribution in [3.63, 3.8) is 0 Å². The molecule has 0 unspecified atom stereocenters. The molecule has 6 heteroatoms. The van der Waals surface area contributed by atoms with Gasteiger partial charge in [0, 0.05) is 29.3 Å². The number of hydrogen-bond donors (Lipinski definition) is 2. The van der Waals surface area contributed by atoms with E-state index in [2.05, 4.69) is 32.2 Å². The highest BCUT2D eigenvalue weighted by Crippen LogP contribution is 2.30. The molecule has 26 heavy (non-hydrogen) atoms. The second kappa shape index (κ2) is 7.41. The highest BCUT2D eigenvalue weighted by atomic mass is 19.1. The number of nitrogens with zero attached hydrogens (tertiary/aromatic N) is 3. The molecule has 0 saturated carbocycles. The smallest absolute Gasteiger partial charge is 0.123 e. The van der Waals surface area contributed by atoms with E-state index in [1.807, 2.05) is 12.4 Å². The molecule has 0 aliphatic carbocycles. The van der Waals surface area contributed by atoms with Gasteiger partial charge >= 0.3 is 0 Å². The molecule has 0 spiro atoms. The van der Waals surface area contributed by atoms with Crippen LogP contribution in [0, 0.1) is 5.82 Å². The second-order valence-electron chi connectivity index (χ2n) is 6.99. The van der Waals surface area contributed by atoms with Gasteiger partial charge in [-0.15, -0.1) is 0 Å². The van der Waals surface area contributed by atoms with Crippen molar-refractivity contribution in [3.05, 3.63) is 59.3 Å². The van der Waals surface area contributed by atoms with Crippen molar-refractivity contribution in [2.24, 2.45) is 0 Å². The van der Waals surface area contributed by atoms with Crippen LogP contribution in [0.3, 0.4) is 0 Å². The summed E-state index contributed by atoms with van der Waals surface area (Å²) < 4.78 is 13.2. The van der Waals surface area contributed by atoms with E-state index in [1.54, 1.807) is 12.1 Å². The summed E-state index contributed by atoms with van der Waals surface area (Å²) in [5.74, 6) is 0.353. The van der Waals surface area contributed by atoms with Gasteiger partial charge in [-0.2, -0.15) is 10.2 Å². The molecule has 0 radical (unpaired) electrons. The van der Waals surface area contributed by atoms with Crippen LogP contribution in [0.25, 0.3) is 11.3 Å². The number of rotatable bonds is 5. The minimum Gasteiger partial charge on any atom is -0.299 e. The van der Waals surface area contributed by atoms with Crippen LogP contribution < -0.4 is 0 Å². The van der Waals surface area contributed by atoms with Crippen molar-refractivity contribution in [2.75, 3.05) is 13.1 Å². The maximum atomic E-state index is 13.2. The van der Waals surface area contributed by atoms with E-state index in [4.69, 9.17) is 0 Å². The first-order valence-electron chi connectivity index (χ1n) is 9.27. The summed E-state index contributed by atoms with van der Waals surface area (Å²) >= 11 is 0. The van der Waals surface area contributed by atoms with Crippen LogP contribution >= 0.6 is 0 Å². The van der Waals surface area contributed by atoms with Gasteiger partial charge in [0.2, 0.25) is 0 Å². The first kappa shape index (κ1) is 17.0. The molecule has 0 atom stereocenters. The van der Waals surface area contributed by atoms with Gasteiger partial charge in [0.05, 0.1) is 18.1 Å². The third kappa shape index (κ3) is 3.42.